The maximum Gasteiger partial charge on any atom is 0.122 e. The van der Waals surface area contributed by atoms with Crippen molar-refractivity contribution in [3.63, 3.8) is 0 Å². The summed E-state index contributed by atoms with van der Waals surface area (Å²) in [6.07, 6.45) is 7.88. The standard InChI is InChI=1S/C15H26N2O/c1-3-4-5-6-7-8-9-17-14-10-13(16)11-15(12-14)18-2/h10-12,17H,3-9,16H2,1-2H3. The van der Waals surface area contributed by atoms with E-state index < -0.39 is 0 Å². The molecule has 3 N–H and O–H groups in total. The number of unbranched alkanes of at least 4 members (excludes halogenated alkanes) is 5. The van der Waals surface area contributed by atoms with E-state index in [2.05, 4.69) is 12.2 Å². The summed E-state index contributed by atoms with van der Waals surface area (Å²) in [5.74, 6) is 0.806. The smallest absolute Gasteiger partial charge is 0.122 e. The van der Waals surface area contributed by atoms with Gasteiger partial charge in [-0.15, -0.1) is 0 Å². The van der Waals surface area contributed by atoms with Crippen molar-refractivity contribution in [3.05, 3.63) is 18.2 Å². The van der Waals surface area contributed by atoms with E-state index in [0.717, 1.165) is 23.7 Å². The minimum atomic E-state index is 0.736. The number of nitrogens with two attached hydrogens (primary N) is 1. The second kappa shape index (κ2) is 8.67. The van der Waals surface area contributed by atoms with Gasteiger partial charge < -0.3 is 15.8 Å². The molecule has 0 saturated heterocycles. The molecule has 0 heterocycles. The fraction of sp³-hybridized carbons (Fsp3) is 0.600. The van der Waals surface area contributed by atoms with Crippen LogP contribution >= 0.6 is 0 Å². The molecule has 102 valence electrons. The predicted molar refractivity (Wildman–Crippen MR) is 79.3 cm³/mol. The number of anilines is 2. The van der Waals surface area contributed by atoms with E-state index in [1.165, 1.54) is 38.5 Å². The molecule has 0 aromatic heterocycles. The van der Waals surface area contributed by atoms with Gasteiger partial charge in [0.2, 0.25) is 0 Å². The molecular weight excluding hydrogens is 224 g/mol. The van der Waals surface area contributed by atoms with Gasteiger partial charge >= 0.3 is 0 Å². The first-order valence-corrected chi connectivity index (χ1v) is 6.94. The monoisotopic (exact) mass is 250 g/mol. The number of nitrogen functional groups attached to an aromatic ring is 1. The first kappa shape index (κ1) is 14.7. The first-order chi connectivity index (χ1) is 8.76. The van der Waals surface area contributed by atoms with Gasteiger partial charge in [-0.05, 0) is 12.5 Å². The molecule has 0 spiro atoms. The van der Waals surface area contributed by atoms with Crippen molar-refractivity contribution in [1.29, 1.82) is 0 Å². The molecule has 3 nitrogen and oxygen atoms in total. The predicted octanol–water partition coefficient (Wildman–Crippen LogP) is 4.05. The van der Waals surface area contributed by atoms with E-state index in [1.807, 2.05) is 18.2 Å². The zero-order valence-electron chi connectivity index (χ0n) is 11.7. The quantitative estimate of drug-likeness (QED) is 0.513. The fourth-order valence-corrected chi connectivity index (χ4v) is 1.98. The largest absolute Gasteiger partial charge is 0.497 e. The van der Waals surface area contributed by atoms with Gasteiger partial charge in [0, 0.05) is 30.1 Å². The third kappa shape index (κ3) is 5.80. The normalized spacial score (nSPS) is 10.3. The number of methoxy groups -OCH3 is 1. The highest BCUT2D eigenvalue weighted by molar-refractivity contribution is 5.59. The Balaban J connectivity index is 2.20. The van der Waals surface area contributed by atoms with Crippen molar-refractivity contribution < 1.29 is 4.74 Å². The van der Waals surface area contributed by atoms with Crippen LogP contribution in [-0.2, 0) is 0 Å². The molecular formula is C15H26N2O. The summed E-state index contributed by atoms with van der Waals surface area (Å²) in [7, 11) is 1.66. The van der Waals surface area contributed by atoms with Crippen LogP contribution < -0.4 is 15.8 Å². The first-order valence-electron chi connectivity index (χ1n) is 6.94. The summed E-state index contributed by atoms with van der Waals surface area (Å²) in [5.41, 5.74) is 7.58. The lowest BCUT2D eigenvalue weighted by atomic mass is 10.1. The molecule has 1 aromatic rings. The Morgan fingerprint density at radius 2 is 1.78 bits per heavy atom. The van der Waals surface area contributed by atoms with Crippen molar-refractivity contribution in [3.8, 4) is 5.75 Å². The number of ether oxygens (including phenoxy) is 1. The van der Waals surface area contributed by atoms with Gasteiger partial charge in [-0.2, -0.15) is 0 Å². The van der Waals surface area contributed by atoms with Crippen LogP contribution in [0.15, 0.2) is 18.2 Å². The van der Waals surface area contributed by atoms with Gasteiger partial charge in [0.1, 0.15) is 5.75 Å². The minimum absolute atomic E-state index is 0.736. The van der Waals surface area contributed by atoms with Crippen molar-refractivity contribution in [1.82, 2.24) is 0 Å². The number of hydrogen-bond acceptors (Lipinski definition) is 3. The van der Waals surface area contributed by atoms with E-state index in [1.54, 1.807) is 7.11 Å². The average molecular weight is 250 g/mol. The summed E-state index contributed by atoms with van der Waals surface area (Å²) < 4.78 is 5.19. The Bertz CT molecular complexity index is 339. The minimum Gasteiger partial charge on any atom is -0.497 e. The Morgan fingerprint density at radius 1 is 1.06 bits per heavy atom. The summed E-state index contributed by atoms with van der Waals surface area (Å²) in [5, 5.41) is 3.39. The van der Waals surface area contributed by atoms with Gasteiger partial charge in [-0.1, -0.05) is 39.0 Å². The van der Waals surface area contributed by atoms with E-state index in [4.69, 9.17) is 10.5 Å². The molecule has 0 aliphatic carbocycles. The molecule has 0 saturated carbocycles. The van der Waals surface area contributed by atoms with Crippen molar-refractivity contribution in [2.75, 3.05) is 24.7 Å². The molecule has 1 rings (SSSR count). The zero-order chi connectivity index (χ0) is 13.2. The molecule has 0 aliphatic rings. The Labute approximate surface area is 111 Å². The molecule has 0 radical (unpaired) electrons. The molecule has 0 atom stereocenters. The molecule has 18 heavy (non-hydrogen) atoms. The van der Waals surface area contributed by atoms with Crippen LogP contribution in [-0.4, -0.2) is 13.7 Å². The van der Waals surface area contributed by atoms with Crippen LogP contribution in [0.3, 0.4) is 0 Å². The summed E-state index contributed by atoms with van der Waals surface area (Å²) >= 11 is 0. The Kier molecular flexibility index (Phi) is 7.07. The molecule has 0 aliphatic heterocycles. The third-order valence-electron chi connectivity index (χ3n) is 3.02. The second-order valence-corrected chi connectivity index (χ2v) is 4.69. The van der Waals surface area contributed by atoms with Gasteiger partial charge in [0.05, 0.1) is 7.11 Å². The molecule has 1 aromatic carbocycles. The van der Waals surface area contributed by atoms with Crippen molar-refractivity contribution >= 4 is 11.4 Å². The molecule has 0 bridgehead atoms. The van der Waals surface area contributed by atoms with E-state index in [9.17, 15) is 0 Å². The average Bonchev–Trinajstić information content (AvgIpc) is 2.37. The van der Waals surface area contributed by atoms with Crippen molar-refractivity contribution in [2.24, 2.45) is 0 Å². The number of nitrogens with one attached hydrogen (secondary N) is 1. The summed E-state index contributed by atoms with van der Waals surface area (Å²) in [4.78, 5) is 0. The second-order valence-electron chi connectivity index (χ2n) is 4.69. The Morgan fingerprint density at radius 3 is 2.50 bits per heavy atom. The maximum atomic E-state index is 5.80. The molecule has 0 amide bonds. The van der Waals surface area contributed by atoms with Gasteiger partial charge in [-0.25, -0.2) is 0 Å². The van der Waals surface area contributed by atoms with Crippen LogP contribution in [0.2, 0.25) is 0 Å². The summed E-state index contributed by atoms with van der Waals surface area (Å²) in [6, 6.07) is 5.75. The van der Waals surface area contributed by atoms with Crippen LogP contribution in [0.25, 0.3) is 0 Å². The SMILES string of the molecule is CCCCCCCCNc1cc(N)cc(OC)c1. The van der Waals surface area contributed by atoms with E-state index in [-0.39, 0.29) is 0 Å². The summed E-state index contributed by atoms with van der Waals surface area (Å²) in [6.45, 7) is 3.24. The molecule has 0 fully saturated rings. The van der Waals surface area contributed by atoms with Crippen LogP contribution in [0.4, 0.5) is 11.4 Å². The molecule has 3 heteroatoms. The van der Waals surface area contributed by atoms with E-state index in [0.29, 0.717) is 0 Å². The number of benzene rings is 1. The van der Waals surface area contributed by atoms with Crippen LogP contribution in [0.5, 0.6) is 5.75 Å². The third-order valence-corrected chi connectivity index (χ3v) is 3.02. The van der Waals surface area contributed by atoms with Crippen LogP contribution in [0.1, 0.15) is 45.4 Å². The lowest BCUT2D eigenvalue weighted by molar-refractivity contribution is 0.415. The highest BCUT2D eigenvalue weighted by Crippen LogP contribution is 2.22. The number of rotatable bonds is 9. The van der Waals surface area contributed by atoms with Gasteiger partial charge in [0.15, 0.2) is 0 Å². The zero-order valence-corrected chi connectivity index (χ0v) is 11.7. The highest BCUT2D eigenvalue weighted by atomic mass is 16.5. The maximum absolute atomic E-state index is 5.80. The van der Waals surface area contributed by atoms with E-state index >= 15 is 0 Å². The van der Waals surface area contributed by atoms with Crippen LogP contribution in [0, 0.1) is 0 Å². The highest BCUT2D eigenvalue weighted by Gasteiger charge is 1.98. The lowest BCUT2D eigenvalue weighted by Crippen LogP contribution is -2.02. The Hall–Kier alpha value is -1.38. The topological polar surface area (TPSA) is 47.3 Å². The molecule has 0 unspecified atom stereocenters. The van der Waals surface area contributed by atoms with Gasteiger partial charge in [-0.3, -0.25) is 0 Å². The lowest BCUT2D eigenvalue weighted by Gasteiger charge is -2.09. The number of hydrogen-bond donors (Lipinski definition) is 2. The fourth-order valence-electron chi connectivity index (χ4n) is 1.98. The van der Waals surface area contributed by atoms with Crippen molar-refractivity contribution in [2.45, 2.75) is 45.4 Å². The van der Waals surface area contributed by atoms with Gasteiger partial charge in [0.25, 0.3) is 0 Å².